The average Bonchev–Trinajstić information content (AvgIpc) is 3.15. The molecule has 4 rings (SSSR count). The maximum absolute atomic E-state index is 12.9. The zero-order valence-corrected chi connectivity index (χ0v) is 18.8. The monoisotopic (exact) mass is 434 g/mol. The van der Waals surface area contributed by atoms with Crippen molar-refractivity contribution in [1.82, 2.24) is 9.47 Å². The van der Waals surface area contributed by atoms with Gasteiger partial charge in [0.25, 0.3) is 0 Å². The first-order valence-corrected chi connectivity index (χ1v) is 11.2. The number of fused-ring (bicyclic) bond motifs is 3. The van der Waals surface area contributed by atoms with Crippen LogP contribution in [0, 0.1) is 0 Å². The van der Waals surface area contributed by atoms with Crippen molar-refractivity contribution >= 4 is 22.8 Å². The molecule has 0 atom stereocenters. The molecule has 6 nitrogen and oxygen atoms in total. The van der Waals surface area contributed by atoms with Crippen molar-refractivity contribution < 1.29 is 19.1 Å². The summed E-state index contributed by atoms with van der Waals surface area (Å²) >= 11 is 0. The first kappa shape index (κ1) is 21.9. The van der Waals surface area contributed by atoms with Gasteiger partial charge in [-0.1, -0.05) is 30.3 Å². The minimum atomic E-state index is -0.219. The Morgan fingerprint density at radius 1 is 0.969 bits per heavy atom. The van der Waals surface area contributed by atoms with Gasteiger partial charge in [-0.2, -0.15) is 0 Å². The highest BCUT2D eigenvalue weighted by atomic mass is 16.5. The van der Waals surface area contributed by atoms with E-state index in [1.807, 2.05) is 17.0 Å². The van der Waals surface area contributed by atoms with Crippen LogP contribution in [0.25, 0.3) is 10.9 Å². The molecular weight excluding hydrogens is 404 g/mol. The van der Waals surface area contributed by atoms with Gasteiger partial charge >= 0.3 is 5.97 Å². The summed E-state index contributed by atoms with van der Waals surface area (Å²) in [5.74, 6) is 0.780. The lowest BCUT2D eigenvalue weighted by Gasteiger charge is -2.29. The number of para-hydroxylation sites is 1. The molecule has 0 saturated heterocycles. The van der Waals surface area contributed by atoms with Gasteiger partial charge < -0.3 is 18.9 Å². The molecule has 0 bridgehead atoms. The van der Waals surface area contributed by atoms with Crippen molar-refractivity contribution in [2.24, 2.45) is 0 Å². The second-order valence-electron chi connectivity index (χ2n) is 8.23. The SMILES string of the molecule is COC(=O)CCCCC(=O)N1CCc2c(n(Cc3ccc(OC)cc3)c3ccccc23)C1. The summed E-state index contributed by atoms with van der Waals surface area (Å²) in [5.41, 5.74) is 4.97. The van der Waals surface area contributed by atoms with E-state index in [2.05, 4.69) is 45.7 Å². The molecule has 6 heteroatoms. The molecule has 0 spiro atoms. The van der Waals surface area contributed by atoms with Crippen LogP contribution in [0.5, 0.6) is 5.75 Å². The third-order valence-corrected chi connectivity index (χ3v) is 6.27. The Hall–Kier alpha value is -3.28. The molecule has 1 aliphatic heterocycles. The summed E-state index contributed by atoms with van der Waals surface area (Å²) in [6.45, 7) is 2.11. The number of methoxy groups -OCH3 is 2. The number of amides is 1. The lowest BCUT2D eigenvalue weighted by molar-refractivity contribution is -0.141. The van der Waals surface area contributed by atoms with E-state index in [1.54, 1.807) is 7.11 Å². The fourth-order valence-electron chi connectivity index (χ4n) is 4.51. The minimum absolute atomic E-state index is 0.154. The fraction of sp³-hybridized carbons (Fsp3) is 0.385. The predicted molar refractivity (Wildman–Crippen MR) is 124 cm³/mol. The Morgan fingerprint density at radius 3 is 2.47 bits per heavy atom. The van der Waals surface area contributed by atoms with Crippen molar-refractivity contribution in [3.05, 3.63) is 65.4 Å². The maximum atomic E-state index is 12.9. The summed E-state index contributed by atoms with van der Waals surface area (Å²) in [4.78, 5) is 26.1. The number of rotatable bonds is 8. The van der Waals surface area contributed by atoms with Gasteiger partial charge in [-0.05, 0) is 48.6 Å². The fourth-order valence-corrected chi connectivity index (χ4v) is 4.51. The van der Waals surface area contributed by atoms with Gasteiger partial charge in [0.15, 0.2) is 0 Å². The first-order valence-electron chi connectivity index (χ1n) is 11.2. The molecule has 0 radical (unpaired) electrons. The maximum Gasteiger partial charge on any atom is 0.305 e. The Balaban J connectivity index is 1.52. The zero-order valence-electron chi connectivity index (χ0n) is 18.8. The minimum Gasteiger partial charge on any atom is -0.497 e. The lowest BCUT2D eigenvalue weighted by Crippen LogP contribution is -2.36. The van der Waals surface area contributed by atoms with Crippen LogP contribution in [-0.2, 0) is 33.8 Å². The van der Waals surface area contributed by atoms with E-state index in [0.717, 1.165) is 25.3 Å². The molecule has 0 aliphatic carbocycles. The van der Waals surface area contributed by atoms with Crippen LogP contribution in [0.15, 0.2) is 48.5 Å². The number of carbonyl (C=O) groups is 2. The van der Waals surface area contributed by atoms with Crippen LogP contribution in [0.1, 0.15) is 42.5 Å². The Kier molecular flexibility index (Phi) is 6.78. The van der Waals surface area contributed by atoms with E-state index in [-0.39, 0.29) is 11.9 Å². The Labute approximate surface area is 188 Å². The summed E-state index contributed by atoms with van der Waals surface area (Å²) in [7, 11) is 3.07. The normalized spacial score (nSPS) is 13.1. The quantitative estimate of drug-likeness (QED) is 0.391. The van der Waals surface area contributed by atoms with Gasteiger partial charge in [-0.3, -0.25) is 9.59 Å². The molecule has 0 saturated carbocycles. The first-order chi connectivity index (χ1) is 15.6. The Bertz CT molecular complexity index is 1100. The van der Waals surface area contributed by atoms with E-state index in [1.165, 1.54) is 34.8 Å². The van der Waals surface area contributed by atoms with Crippen LogP contribution in [-0.4, -0.2) is 42.1 Å². The van der Waals surface area contributed by atoms with Crippen LogP contribution in [0.2, 0.25) is 0 Å². The number of hydrogen-bond donors (Lipinski definition) is 0. The molecule has 1 aliphatic rings. The molecule has 1 aromatic heterocycles. The van der Waals surface area contributed by atoms with Crippen molar-refractivity contribution in [3.8, 4) is 5.75 Å². The van der Waals surface area contributed by atoms with Crippen molar-refractivity contribution in [3.63, 3.8) is 0 Å². The molecule has 168 valence electrons. The van der Waals surface area contributed by atoms with Crippen LogP contribution in [0.3, 0.4) is 0 Å². The van der Waals surface area contributed by atoms with Gasteiger partial charge in [0.1, 0.15) is 5.75 Å². The van der Waals surface area contributed by atoms with Gasteiger partial charge in [0.2, 0.25) is 5.91 Å². The van der Waals surface area contributed by atoms with Crippen LogP contribution >= 0.6 is 0 Å². The highest BCUT2D eigenvalue weighted by Crippen LogP contribution is 2.32. The third-order valence-electron chi connectivity index (χ3n) is 6.27. The highest BCUT2D eigenvalue weighted by molar-refractivity contribution is 5.86. The highest BCUT2D eigenvalue weighted by Gasteiger charge is 2.26. The summed E-state index contributed by atoms with van der Waals surface area (Å²) in [6.07, 6.45) is 3.07. The van der Waals surface area contributed by atoms with Crippen LogP contribution in [0.4, 0.5) is 0 Å². The molecule has 2 heterocycles. The van der Waals surface area contributed by atoms with Gasteiger partial charge in [0.05, 0.1) is 20.8 Å². The zero-order chi connectivity index (χ0) is 22.5. The number of carbonyl (C=O) groups excluding carboxylic acids is 2. The van der Waals surface area contributed by atoms with Crippen LogP contribution < -0.4 is 4.74 Å². The Morgan fingerprint density at radius 2 is 1.72 bits per heavy atom. The number of esters is 1. The van der Waals surface area contributed by atoms with Crippen molar-refractivity contribution in [2.45, 2.75) is 45.2 Å². The van der Waals surface area contributed by atoms with E-state index in [9.17, 15) is 9.59 Å². The van der Waals surface area contributed by atoms with E-state index >= 15 is 0 Å². The number of benzene rings is 2. The summed E-state index contributed by atoms with van der Waals surface area (Å²) < 4.78 is 12.3. The largest absolute Gasteiger partial charge is 0.497 e. The second kappa shape index (κ2) is 9.90. The van der Waals surface area contributed by atoms with Crippen molar-refractivity contribution in [2.75, 3.05) is 20.8 Å². The predicted octanol–water partition coefficient (Wildman–Crippen LogP) is 4.32. The smallest absolute Gasteiger partial charge is 0.305 e. The third kappa shape index (κ3) is 4.64. The van der Waals surface area contributed by atoms with Gasteiger partial charge in [-0.15, -0.1) is 0 Å². The number of aromatic nitrogens is 1. The number of ether oxygens (including phenoxy) is 2. The topological polar surface area (TPSA) is 60.8 Å². The van der Waals surface area contributed by atoms with E-state index in [4.69, 9.17) is 4.74 Å². The second-order valence-corrected chi connectivity index (χ2v) is 8.23. The molecule has 0 unspecified atom stereocenters. The standard InChI is InChI=1S/C26H30N2O4/c1-31-20-13-11-19(12-14-20)17-28-23-8-4-3-7-21(23)22-15-16-27(18-24(22)28)25(29)9-5-6-10-26(30)32-2/h3-4,7-8,11-14H,5-6,9-10,15-18H2,1-2H3. The molecule has 1 amide bonds. The number of unbranched alkanes of at least 4 members (excludes halogenated alkanes) is 1. The average molecular weight is 435 g/mol. The number of nitrogens with zero attached hydrogens (tertiary/aromatic N) is 2. The summed E-state index contributed by atoms with van der Waals surface area (Å²) in [6, 6.07) is 16.6. The molecule has 32 heavy (non-hydrogen) atoms. The molecule has 0 N–H and O–H groups in total. The molecule has 0 fully saturated rings. The van der Waals surface area contributed by atoms with Gasteiger partial charge in [0, 0.05) is 42.5 Å². The summed E-state index contributed by atoms with van der Waals surface area (Å²) in [5, 5.41) is 1.28. The lowest BCUT2D eigenvalue weighted by atomic mass is 10.0. The van der Waals surface area contributed by atoms with E-state index < -0.39 is 0 Å². The number of hydrogen-bond acceptors (Lipinski definition) is 4. The van der Waals surface area contributed by atoms with E-state index in [0.29, 0.717) is 32.2 Å². The molecular formula is C26H30N2O4. The molecule has 3 aromatic rings. The van der Waals surface area contributed by atoms with Gasteiger partial charge in [-0.25, -0.2) is 0 Å². The van der Waals surface area contributed by atoms with Crippen molar-refractivity contribution in [1.29, 1.82) is 0 Å². The molecule has 2 aromatic carbocycles.